The van der Waals surface area contributed by atoms with Crippen LogP contribution in [0.2, 0.25) is 0 Å². The molecule has 2 N–H and O–H groups in total. The van der Waals surface area contributed by atoms with Crippen LogP contribution in [0.15, 0.2) is 12.2 Å². The molecule has 0 fully saturated rings. The van der Waals surface area contributed by atoms with Crippen LogP contribution < -0.4 is 5.32 Å². The maximum absolute atomic E-state index is 13.0. The summed E-state index contributed by atoms with van der Waals surface area (Å²) in [5.41, 5.74) is -0.762. The minimum Gasteiger partial charge on any atom is -0.444 e. The van der Waals surface area contributed by atoms with E-state index < -0.39 is 38.3 Å². The summed E-state index contributed by atoms with van der Waals surface area (Å²) in [5.74, 6) is 0. The van der Waals surface area contributed by atoms with Gasteiger partial charge in [-0.1, -0.05) is 83.3 Å². The van der Waals surface area contributed by atoms with Gasteiger partial charge >= 0.3 is 13.9 Å². The average Bonchev–Trinajstić information content (AvgIpc) is 2.88. The van der Waals surface area contributed by atoms with Gasteiger partial charge in [0.25, 0.3) is 0 Å². The van der Waals surface area contributed by atoms with E-state index in [2.05, 4.69) is 12.2 Å². The van der Waals surface area contributed by atoms with Crippen LogP contribution in [0.1, 0.15) is 118 Å². The SMILES string of the molecule is CCCCCCCCCCCCC/C=C/[C@@H](O)[C@H](COP(=O)(OCCC#N)OCCC#N)NC(=O)OC(C)(C)C. The van der Waals surface area contributed by atoms with E-state index in [-0.39, 0.29) is 26.1 Å². The molecule has 0 aromatic rings. The Labute approximate surface area is 242 Å². The van der Waals surface area contributed by atoms with Gasteiger partial charge in [0.05, 0.1) is 56.9 Å². The molecule has 11 heteroatoms. The number of aliphatic hydroxyl groups is 1. The van der Waals surface area contributed by atoms with Gasteiger partial charge in [0, 0.05) is 0 Å². The van der Waals surface area contributed by atoms with E-state index in [0.717, 1.165) is 19.3 Å². The molecule has 230 valence electrons. The zero-order valence-corrected chi connectivity index (χ0v) is 26.0. The highest BCUT2D eigenvalue weighted by Gasteiger charge is 2.31. The fourth-order valence-electron chi connectivity index (χ4n) is 3.67. The lowest BCUT2D eigenvalue weighted by Crippen LogP contribution is -2.47. The van der Waals surface area contributed by atoms with Crippen molar-refractivity contribution >= 4 is 13.9 Å². The summed E-state index contributed by atoms with van der Waals surface area (Å²) in [6, 6.07) is 2.71. The maximum Gasteiger partial charge on any atom is 0.474 e. The zero-order chi connectivity index (χ0) is 30.1. The number of carbonyl (C=O) groups excluding carboxylic acids is 1. The molecule has 2 atom stereocenters. The minimum atomic E-state index is -4.15. The molecule has 0 saturated carbocycles. The zero-order valence-electron chi connectivity index (χ0n) is 25.1. The molecule has 0 unspecified atom stereocenters. The summed E-state index contributed by atoms with van der Waals surface area (Å²) in [5, 5.41) is 30.8. The quantitative estimate of drug-likeness (QED) is 0.0667. The van der Waals surface area contributed by atoms with E-state index in [1.807, 2.05) is 18.2 Å². The van der Waals surface area contributed by atoms with Gasteiger partial charge in [0.15, 0.2) is 0 Å². The fourth-order valence-corrected chi connectivity index (χ4v) is 4.87. The second-order valence-electron chi connectivity index (χ2n) is 10.7. The number of nitriles is 2. The molecule has 0 aliphatic carbocycles. The Balaban J connectivity index is 4.83. The van der Waals surface area contributed by atoms with Crippen molar-refractivity contribution in [3.05, 3.63) is 12.2 Å². The number of nitrogens with zero attached hydrogens (tertiary/aromatic N) is 2. The van der Waals surface area contributed by atoms with Gasteiger partial charge < -0.3 is 15.2 Å². The van der Waals surface area contributed by atoms with E-state index in [1.165, 1.54) is 57.8 Å². The third kappa shape index (κ3) is 22.8. The highest BCUT2D eigenvalue weighted by molar-refractivity contribution is 7.48. The lowest BCUT2D eigenvalue weighted by Gasteiger charge is -2.26. The molecule has 0 radical (unpaired) electrons. The molecule has 0 aromatic heterocycles. The van der Waals surface area contributed by atoms with Crippen molar-refractivity contribution in [2.75, 3.05) is 19.8 Å². The molecule has 10 nitrogen and oxygen atoms in total. The fraction of sp³-hybridized carbons (Fsp3) is 0.828. The average molecular weight is 586 g/mol. The first-order valence-corrected chi connectivity index (χ1v) is 16.1. The molecule has 0 bridgehead atoms. The third-order valence-electron chi connectivity index (χ3n) is 5.76. The number of ether oxygens (including phenoxy) is 1. The van der Waals surface area contributed by atoms with Crippen LogP contribution in [0.5, 0.6) is 0 Å². The van der Waals surface area contributed by atoms with E-state index in [1.54, 1.807) is 26.8 Å². The topological polar surface area (TPSA) is 151 Å². The largest absolute Gasteiger partial charge is 0.474 e. The number of phosphoric acid groups is 1. The number of alkyl carbamates (subject to hydrolysis) is 1. The molecule has 0 aromatic carbocycles. The van der Waals surface area contributed by atoms with Gasteiger partial charge in [-0.2, -0.15) is 10.5 Å². The van der Waals surface area contributed by atoms with Crippen LogP contribution in [0.3, 0.4) is 0 Å². The number of allylic oxidation sites excluding steroid dienone is 1. The number of unbranched alkanes of at least 4 members (excludes halogenated alkanes) is 11. The van der Waals surface area contributed by atoms with Crippen LogP contribution in [0, 0.1) is 22.7 Å². The van der Waals surface area contributed by atoms with Crippen LogP contribution in [0.4, 0.5) is 4.79 Å². The first kappa shape index (κ1) is 38.1. The molecule has 0 rings (SSSR count). The highest BCUT2D eigenvalue weighted by atomic mass is 31.2. The van der Waals surface area contributed by atoms with Crippen LogP contribution in [-0.2, 0) is 22.9 Å². The maximum atomic E-state index is 13.0. The molecule has 0 saturated heterocycles. The summed E-state index contributed by atoms with van der Waals surface area (Å²) in [7, 11) is -4.15. The predicted molar refractivity (Wildman–Crippen MR) is 155 cm³/mol. The Bertz CT molecular complexity index is 794. The number of hydrogen-bond acceptors (Lipinski definition) is 9. The first-order valence-electron chi connectivity index (χ1n) is 14.7. The standard InChI is InChI=1S/C29H52N3O7P/c1-5-6-7-8-9-10-11-12-13-14-15-16-17-20-27(33)26(32-28(34)39-29(2,3)4)25-38-40(35,36-23-18-21-30)37-24-19-22-31/h17,20,26-27,33H,5-16,18-19,23-25H2,1-4H3,(H,32,34)/b20-17+/t26-,27+/m0/s1. The predicted octanol–water partition coefficient (Wildman–Crippen LogP) is 7.48. The van der Waals surface area contributed by atoms with E-state index in [0.29, 0.717) is 0 Å². The van der Waals surface area contributed by atoms with Gasteiger partial charge in [0.1, 0.15) is 5.60 Å². The second-order valence-corrected chi connectivity index (χ2v) is 12.4. The van der Waals surface area contributed by atoms with E-state index in [9.17, 15) is 14.5 Å². The molecule has 0 aliphatic rings. The number of nitrogens with one attached hydrogen (secondary N) is 1. The summed E-state index contributed by atoms with van der Waals surface area (Å²) in [4.78, 5) is 12.4. The van der Waals surface area contributed by atoms with Crippen molar-refractivity contribution in [1.29, 1.82) is 10.5 Å². The number of carbonyl (C=O) groups is 1. The summed E-state index contributed by atoms with van der Waals surface area (Å²) < 4.78 is 33.9. The van der Waals surface area contributed by atoms with Crippen molar-refractivity contribution in [2.45, 2.75) is 135 Å². The number of amides is 1. The van der Waals surface area contributed by atoms with Crippen LogP contribution in [-0.4, -0.2) is 48.8 Å². The van der Waals surface area contributed by atoms with Crippen molar-refractivity contribution in [3.8, 4) is 12.1 Å². The molecule has 0 heterocycles. The van der Waals surface area contributed by atoms with Crippen molar-refractivity contribution in [3.63, 3.8) is 0 Å². The molecule has 1 amide bonds. The van der Waals surface area contributed by atoms with Gasteiger partial charge in [-0.3, -0.25) is 13.6 Å². The van der Waals surface area contributed by atoms with Gasteiger partial charge in [0.2, 0.25) is 0 Å². The number of hydrogen-bond donors (Lipinski definition) is 2. The Morgan fingerprint density at radius 2 is 1.40 bits per heavy atom. The molecule has 0 aliphatic heterocycles. The Morgan fingerprint density at radius 1 is 0.900 bits per heavy atom. The van der Waals surface area contributed by atoms with Gasteiger partial charge in [-0.15, -0.1) is 0 Å². The van der Waals surface area contributed by atoms with Gasteiger partial charge in [-0.25, -0.2) is 9.36 Å². The Morgan fingerprint density at radius 3 is 1.88 bits per heavy atom. The van der Waals surface area contributed by atoms with Crippen molar-refractivity contribution in [1.82, 2.24) is 5.32 Å². The lowest BCUT2D eigenvalue weighted by molar-refractivity contribution is 0.0374. The van der Waals surface area contributed by atoms with E-state index >= 15 is 0 Å². The normalized spacial score (nSPS) is 13.5. The van der Waals surface area contributed by atoms with Crippen LogP contribution in [0.25, 0.3) is 0 Å². The molecule has 0 spiro atoms. The smallest absolute Gasteiger partial charge is 0.444 e. The first-order chi connectivity index (χ1) is 19.1. The van der Waals surface area contributed by atoms with Crippen molar-refractivity contribution < 1.29 is 32.8 Å². The summed E-state index contributed by atoms with van der Waals surface area (Å²) >= 11 is 0. The Kier molecular flexibility index (Phi) is 22.6. The highest BCUT2D eigenvalue weighted by Crippen LogP contribution is 2.49. The monoisotopic (exact) mass is 585 g/mol. The summed E-state index contributed by atoms with van der Waals surface area (Å²) in [6.45, 7) is 6.54. The summed E-state index contributed by atoms with van der Waals surface area (Å²) in [6.07, 6.45) is 15.9. The second kappa shape index (κ2) is 23.7. The molecule has 40 heavy (non-hydrogen) atoms. The number of aliphatic hydroxyl groups excluding tert-OH is 1. The number of phosphoric ester groups is 1. The lowest BCUT2D eigenvalue weighted by atomic mass is 10.0. The Hall–Kier alpha value is -1.94. The van der Waals surface area contributed by atoms with Crippen LogP contribution >= 0.6 is 7.82 Å². The third-order valence-corrected chi connectivity index (χ3v) is 7.22. The number of rotatable bonds is 24. The van der Waals surface area contributed by atoms with E-state index in [4.69, 9.17) is 28.8 Å². The van der Waals surface area contributed by atoms with Crippen molar-refractivity contribution in [2.24, 2.45) is 0 Å². The molecular formula is C29H52N3O7P. The molecular weight excluding hydrogens is 533 g/mol. The van der Waals surface area contributed by atoms with Gasteiger partial charge in [-0.05, 0) is 33.6 Å². The minimum absolute atomic E-state index is 0.0427.